The zero-order valence-electron chi connectivity index (χ0n) is 14.0. The van der Waals surface area contributed by atoms with Crippen molar-refractivity contribution in [3.05, 3.63) is 65.7 Å². The smallest absolute Gasteiger partial charge is 0.00722 e. The van der Waals surface area contributed by atoms with Gasteiger partial charge in [0.2, 0.25) is 0 Å². The van der Waals surface area contributed by atoms with E-state index < -0.39 is 0 Å². The van der Waals surface area contributed by atoms with E-state index in [4.69, 9.17) is 0 Å². The molecule has 0 amide bonds. The van der Waals surface area contributed by atoms with Crippen LogP contribution in [0.3, 0.4) is 0 Å². The summed E-state index contributed by atoms with van der Waals surface area (Å²) >= 11 is 1.98. The summed E-state index contributed by atoms with van der Waals surface area (Å²) in [5.74, 6) is 1.85. The van der Waals surface area contributed by atoms with Gasteiger partial charge in [0.25, 0.3) is 0 Å². The van der Waals surface area contributed by atoms with Crippen molar-refractivity contribution in [1.82, 2.24) is 4.90 Å². The van der Waals surface area contributed by atoms with E-state index in [0.29, 0.717) is 5.92 Å². The second-order valence-corrected chi connectivity index (χ2v) is 7.13. The van der Waals surface area contributed by atoms with Crippen LogP contribution in [0.5, 0.6) is 0 Å². The third kappa shape index (κ3) is 5.86. The van der Waals surface area contributed by atoms with Crippen molar-refractivity contribution >= 4 is 11.8 Å². The SMILES string of the molecule is CCN(C)CC(CSc1ccc(C)cc1)Cc1ccccc1. The highest BCUT2D eigenvalue weighted by Crippen LogP contribution is 2.23. The van der Waals surface area contributed by atoms with Crippen LogP contribution in [-0.4, -0.2) is 30.8 Å². The lowest BCUT2D eigenvalue weighted by Crippen LogP contribution is -2.28. The predicted molar refractivity (Wildman–Crippen MR) is 98.7 cm³/mol. The Morgan fingerprint density at radius 1 is 1.00 bits per heavy atom. The zero-order valence-corrected chi connectivity index (χ0v) is 14.8. The molecule has 0 saturated carbocycles. The van der Waals surface area contributed by atoms with Gasteiger partial charge in [0.1, 0.15) is 0 Å². The molecule has 2 aromatic rings. The van der Waals surface area contributed by atoms with Gasteiger partial charge in [0.05, 0.1) is 0 Å². The lowest BCUT2D eigenvalue weighted by atomic mass is 10.0. The van der Waals surface area contributed by atoms with Crippen molar-refractivity contribution in [2.24, 2.45) is 5.92 Å². The summed E-state index contributed by atoms with van der Waals surface area (Å²) in [6, 6.07) is 19.8. The summed E-state index contributed by atoms with van der Waals surface area (Å²) in [5.41, 5.74) is 2.78. The van der Waals surface area contributed by atoms with E-state index in [9.17, 15) is 0 Å². The van der Waals surface area contributed by atoms with Gasteiger partial charge in [-0.25, -0.2) is 0 Å². The molecule has 2 aromatic carbocycles. The van der Waals surface area contributed by atoms with Crippen molar-refractivity contribution < 1.29 is 0 Å². The highest BCUT2D eigenvalue weighted by atomic mass is 32.2. The van der Waals surface area contributed by atoms with Gasteiger partial charge in [-0.15, -0.1) is 11.8 Å². The summed E-state index contributed by atoms with van der Waals surface area (Å²) in [7, 11) is 2.22. The van der Waals surface area contributed by atoms with Crippen molar-refractivity contribution in [3.8, 4) is 0 Å². The molecule has 0 fully saturated rings. The second kappa shape index (κ2) is 9.02. The van der Waals surface area contributed by atoms with Crippen LogP contribution in [0.2, 0.25) is 0 Å². The summed E-state index contributed by atoms with van der Waals surface area (Å²) in [4.78, 5) is 3.80. The molecule has 0 heterocycles. The lowest BCUT2D eigenvalue weighted by molar-refractivity contribution is 0.301. The Hall–Kier alpha value is -1.25. The largest absolute Gasteiger partial charge is 0.306 e. The van der Waals surface area contributed by atoms with E-state index in [1.807, 2.05) is 11.8 Å². The first kappa shape index (κ1) is 17.1. The van der Waals surface area contributed by atoms with Gasteiger partial charge >= 0.3 is 0 Å². The fourth-order valence-corrected chi connectivity index (χ4v) is 3.52. The van der Waals surface area contributed by atoms with Gasteiger partial charge in [0.15, 0.2) is 0 Å². The molecule has 22 heavy (non-hydrogen) atoms. The predicted octanol–water partition coefficient (Wildman–Crippen LogP) is 4.90. The van der Waals surface area contributed by atoms with E-state index in [2.05, 4.69) is 80.4 Å². The molecule has 118 valence electrons. The number of aryl methyl sites for hydroxylation is 1. The van der Waals surface area contributed by atoms with Crippen LogP contribution in [0.4, 0.5) is 0 Å². The third-order valence-corrected chi connectivity index (χ3v) is 5.23. The molecule has 1 nitrogen and oxygen atoms in total. The van der Waals surface area contributed by atoms with E-state index in [1.165, 1.54) is 21.8 Å². The number of benzene rings is 2. The molecule has 0 spiro atoms. The minimum absolute atomic E-state index is 0.679. The van der Waals surface area contributed by atoms with Gasteiger partial charge in [-0.05, 0) is 50.6 Å². The highest BCUT2D eigenvalue weighted by molar-refractivity contribution is 7.99. The minimum atomic E-state index is 0.679. The van der Waals surface area contributed by atoms with Gasteiger partial charge in [-0.1, -0.05) is 55.0 Å². The van der Waals surface area contributed by atoms with Gasteiger partial charge in [-0.3, -0.25) is 0 Å². The normalized spacial score (nSPS) is 12.5. The Labute approximate surface area is 139 Å². The molecule has 0 aliphatic heterocycles. The van der Waals surface area contributed by atoms with Crippen LogP contribution in [0.1, 0.15) is 18.1 Å². The summed E-state index contributed by atoms with van der Waals surface area (Å²) in [5, 5.41) is 0. The van der Waals surface area contributed by atoms with Crippen molar-refractivity contribution in [1.29, 1.82) is 0 Å². The molecule has 1 unspecified atom stereocenters. The molecule has 0 aromatic heterocycles. The molecule has 0 N–H and O–H groups in total. The van der Waals surface area contributed by atoms with Crippen LogP contribution in [0.15, 0.2) is 59.5 Å². The zero-order chi connectivity index (χ0) is 15.8. The van der Waals surface area contributed by atoms with Crippen molar-refractivity contribution in [3.63, 3.8) is 0 Å². The van der Waals surface area contributed by atoms with Crippen LogP contribution in [0, 0.1) is 12.8 Å². The Bertz CT molecular complexity index is 535. The molecule has 0 bridgehead atoms. The quantitative estimate of drug-likeness (QED) is 0.638. The molecular formula is C20H27NS. The van der Waals surface area contributed by atoms with Crippen LogP contribution >= 0.6 is 11.8 Å². The van der Waals surface area contributed by atoms with Crippen LogP contribution in [-0.2, 0) is 6.42 Å². The topological polar surface area (TPSA) is 3.24 Å². The van der Waals surface area contributed by atoms with Gasteiger partial charge in [-0.2, -0.15) is 0 Å². The number of rotatable bonds is 8. The highest BCUT2D eigenvalue weighted by Gasteiger charge is 2.12. The Kier molecular flexibility index (Phi) is 7.01. The number of nitrogens with zero attached hydrogens (tertiary/aromatic N) is 1. The second-order valence-electron chi connectivity index (χ2n) is 6.03. The Morgan fingerprint density at radius 3 is 2.32 bits per heavy atom. The maximum absolute atomic E-state index is 2.42. The minimum Gasteiger partial charge on any atom is -0.306 e. The first-order chi connectivity index (χ1) is 10.7. The summed E-state index contributed by atoms with van der Waals surface area (Å²) in [6.45, 7) is 6.64. The summed E-state index contributed by atoms with van der Waals surface area (Å²) in [6.07, 6.45) is 1.16. The van der Waals surface area contributed by atoms with Crippen LogP contribution < -0.4 is 0 Å². The number of hydrogen-bond acceptors (Lipinski definition) is 2. The molecular weight excluding hydrogens is 286 g/mol. The van der Waals surface area contributed by atoms with Crippen LogP contribution in [0.25, 0.3) is 0 Å². The fourth-order valence-electron chi connectivity index (χ4n) is 2.54. The Morgan fingerprint density at radius 2 is 1.68 bits per heavy atom. The molecule has 1 atom stereocenters. The molecule has 0 saturated heterocycles. The monoisotopic (exact) mass is 313 g/mol. The van der Waals surface area contributed by atoms with Gasteiger partial charge < -0.3 is 4.90 Å². The summed E-state index contributed by atoms with van der Waals surface area (Å²) < 4.78 is 0. The van der Waals surface area contributed by atoms with Crippen molar-refractivity contribution in [2.45, 2.75) is 25.2 Å². The average molecular weight is 314 g/mol. The first-order valence-electron chi connectivity index (χ1n) is 8.09. The van der Waals surface area contributed by atoms with E-state index >= 15 is 0 Å². The first-order valence-corrected chi connectivity index (χ1v) is 9.08. The molecule has 0 radical (unpaired) electrons. The Balaban J connectivity index is 1.96. The van der Waals surface area contributed by atoms with E-state index in [-0.39, 0.29) is 0 Å². The number of hydrogen-bond donors (Lipinski definition) is 0. The lowest BCUT2D eigenvalue weighted by Gasteiger charge is -2.23. The van der Waals surface area contributed by atoms with E-state index in [1.54, 1.807) is 0 Å². The molecule has 0 aliphatic rings. The average Bonchev–Trinajstić information content (AvgIpc) is 2.55. The molecule has 2 heteroatoms. The van der Waals surface area contributed by atoms with Crippen molar-refractivity contribution in [2.75, 3.05) is 25.9 Å². The standard InChI is InChI=1S/C20H27NS/c1-4-21(3)15-19(14-18-8-6-5-7-9-18)16-22-20-12-10-17(2)11-13-20/h5-13,19H,4,14-16H2,1-3H3. The maximum atomic E-state index is 2.42. The third-order valence-electron chi connectivity index (χ3n) is 3.98. The maximum Gasteiger partial charge on any atom is 0.00722 e. The fraction of sp³-hybridized carbons (Fsp3) is 0.400. The molecule has 2 rings (SSSR count). The molecule has 0 aliphatic carbocycles. The van der Waals surface area contributed by atoms with Gasteiger partial charge in [0, 0.05) is 17.2 Å². The van der Waals surface area contributed by atoms with E-state index in [0.717, 1.165) is 19.5 Å². The number of thioether (sulfide) groups is 1.